The highest BCUT2D eigenvalue weighted by molar-refractivity contribution is 9.11. The minimum atomic E-state index is -3.82. The van der Waals surface area contributed by atoms with E-state index >= 15 is 0 Å². The lowest BCUT2D eigenvalue weighted by Gasteiger charge is -2.17. The summed E-state index contributed by atoms with van der Waals surface area (Å²) in [6.45, 7) is 4.13. The van der Waals surface area contributed by atoms with Crippen molar-refractivity contribution in [2.45, 2.75) is 31.3 Å². The molecule has 0 fully saturated rings. The van der Waals surface area contributed by atoms with E-state index in [0.717, 1.165) is 6.42 Å². The van der Waals surface area contributed by atoms with Crippen molar-refractivity contribution in [2.24, 2.45) is 5.14 Å². The largest absolute Gasteiger partial charge is 0.479 e. The molecule has 0 spiro atoms. The molecule has 0 saturated heterocycles. The van der Waals surface area contributed by atoms with E-state index < -0.39 is 16.1 Å². The number of amides is 1. The van der Waals surface area contributed by atoms with E-state index in [1.807, 2.05) is 6.92 Å². The number of nitrogens with one attached hydrogen (secondary N) is 1. The van der Waals surface area contributed by atoms with Crippen LogP contribution in [0.1, 0.15) is 20.3 Å². The van der Waals surface area contributed by atoms with Crippen molar-refractivity contribution < 1.29 is 17.9 Å². The maximum Gasteiger partial charge on any atom is 0.260 e. The Bertz CT molecular complexity index is 611. The van der Waals surface area contributed by atoms with Gasteiger partial charge in [-0.3, -0.25) is 4.79 Å². The van der Waals surface area contributed by atoms with Gasteiger partial charge in [-0.1, -0.05) is 6.92 Å². The predicted molar refractivity (Wildman–Crippen MR) is 86.6 cm³/mol. The molecule has 0 heterocycles. The van der Waals surface area contributed by atoms with Gasteiger partial charge in [0.05, 0.1) is 13.8 Å². The van der Waals surface area contributed by atoms with Gasteiger partial charge in [0, 0.05) is 6.54 Å². The second-order valence-corrected chi connectivity index (χ2v) is 7.58. The highest BCUT2D eigenvalue weighted by atomic mass is 79.9. The molecule has 0 aliphatic heterocycles. The van der Waals surface area contributed by atoms with Crippen LogP contribution in [0.2, 0.25) is 0 Å². The molecule has 21 heavy (non-hydrogen) atoms. The van der Waals surface area contributed by atoms with Crippen molar-refractivity contribution in [2.75, 3.05) is 6.54 Å². The topological polar surface area (TPSA) is 98.5 Å². The number of nitrogens with two attached hydrogens (primary N) is 1. The Hall–Kier alpha value is -0.640. The van der Waals surface area contributed by atoms with E-state index in [0.29, 0.717) is 21.2 Å². The average molecular weight is 444 g/mol. The zero-order valence-electron chi connectivity index (χ0n) is 11.5. The molecule has 118 valence electrons. The second kappa shape index (κ2) is 7.57. The van der Waals surface area contributed by atoms with Crippen LogP contribution in [0.3, 0.4) is 0 Å². The van der Waals surface area contributed by atoms with Gasteiger partial charge in [-0.05, 0) is 57.3 Å². The molecule has 1 amide bonds. The van der Waals surface area contributed by atoms with Crippen LogP contribution in [0.4, 0.5) is 0 Å². The van der Waals surface area contributed by atoms with E-state index in [4.69, 9.17) is 9.88 Å². The van der Waals surface area contributed by atoms with Crippen molar-refractivity contribution in [3.63, 3.8) is 0 Å². The van der Waals surface area contributed by atoms with Crippen molar-refractivity contribution in [3.8, 4) is 5.75 Å². The third-order valence-electron chi connectivity index (χ3n) is 2.51. The van der Waals surface area contributed by atoms with E-state index in [2.05, 4.69) is 37.2 Å². The first-order valence-corrected chi connectivity index (χ1v) is 9.26. The number of carbonyl (C=O) groups excluding carboxylic acids is 1. The van der Waals surface area contributed by atoms with Crippen LogP contribution in [-0.4, -0.2) is 27.0 Å². The maximum atomic E-state index is 11.8. The smallest absolute Gasteiger partial charge is 0.260 e. The number of benzene rings is 1. The molecule has 1 aromatic carbocycles. The Morgan fingerprint density at radius 2 is 1.90 bits per heavy atom. The van der Waals surface area contributed by atoms with Crippen molar-refractivity contribution >= 4 is 47.8 Å². The quantitative estimate of drug-likeness (QED) is 0.703. The minimum Gasteiger partial charge on any atom is -0.479 e. The standard InChI is InChI=1S/C12H16Br2N2O4S/c1-3-4-16-12(17)7(2)20-11-9(13)5-8(6-10(11)14)21(15,18)19/h5-7H,3-4H2,1-2H3,(H,16,17)(H2,15,18,19). The SMILES string of the molecule is CCCNC(=O)C(C)Oc1c(Br)cc(S(N)(=O)=O)cc1Br. The normalized spacial score (nSPS) is 12.8. The summed E-state index contributed by atoms with van der Waals surface area (Å²) in [5, 5.41) is 7.79. The van der Waals surface area contributed by atoms with Gasteiger partial charge in [-0.15, -0.1) is 0 Å². The second-order valence-electron chi connectivity index (χ2n) is 4.31. The zero-order valence-corrected chi connectivity index (χ0v) is 15.5. The fourth-order valence-corrected chi connectivity index (χ4v) is 3.68. The van der Waals surface area contributed by atoms with Crippen LogP contribution < -0.4 is 15.2 Å². The van der Waals surface area contributed by atoms with E-state index in [1.165, 1.54) is 12.1 Å². The zero-order chi connectivity index (χ0) is 16.2. The van der Waals surface area contributed by atoms with E-state index in [1.54, 1.807) is 6.92 Å². The van der Waals surface area contributed by atoms with Crippen LogP contribution in [0.25, 0.3) is 0 Å². The fourth-order valence-electron chi connectivity index (χ4n) is 1.44. The number of halogens is 2. The lowest BCUT2D eigenvalue weighted by molar-refractivity contribution is -0.127. The van der Waals surface area contributed by atoms with Gasteiger partial charge < -0.3 is 10.1 Å². The van der Waals surface area contributed by atoms with Crippen LogP contribution in [0, 0.1) is 0 Å². The molecule has 3 N–H and O–H groups in total. The first-order valence-electron chi connectivity index (χ1n) is 6.13. The third-order valence-corrected chi connectivity index (χ3v) is 4.58. The molecule has 1 aromatic rings. The molecule has 0 bridgehead atoms. The van der Waals surface area contributed by atoms with Gasteiger partial charge in [-0.25, -0.2) is 13.6 Å². The Morgan fingerprint density at radius 3 is 2.33 bits per heavy atom. The third kappa shape index (κ3) is 5.24. The Kier molecular flexibility index (Phi) is 6.64. The maximum absolute atomic E-state index is 11.8. The number of sulfonamides is 1. The Balaban J connectivity index is 2.97. The molecule has 1 rings (SSSR count). The van der Waals surface area contributed by atoms with Crippen molar-refractivity contribution in [3.05, 3.63) is 21.1 Å². The summed E-state index contributed by atoms with van der Waals surface area (Å²) in [6.07, 6.45) is 0.110. The van der Waals surface area contributed by atoms with Crippen LogP contribution in [0.15, 0.2) is 26.0 Å². The molecule has 0 aliphatic rings. The molecule has 1 unspecified atom stereocenters. The molecule has 1 atom stereocenters. The lowest BCUT2D eigenvalue weighted by atomic mass is 10.3. The Morgan fingerprint density at radius 1 is 1.38 bits per heavy atom. The summed E-state index contributed by atoms with van der Waals surface area (Å²) in [5.41, 5.74) is 0. The van der Waals surface area contributed by atoms with Crippen LogP contribution >= 0.6 is 31.9 Å². The molecule has 0 radical (unpaired) electrons. The summed E-state index contributed by atoms with van der Waals surface area (Å²) in [5.74, 6) is 0.0905. The molecular formula is C12H16Br2N2O4S. The first-order chi connectivity index (χ1) is 9.66. The number of ether oxygens (including phenoxy) is 1. The van der Waals surface area contributed by atoms with Gasteiger partial charge >= 0.3 is 0 Å². The van der Waals surface area contributed by atoms with Crippen molar-refractivity contribution in [1.29, 1.82) is 0 Å². The summed E-state index contributed by atoms with van der Waals surface area (Å²) < 4.78 is 29.0. The number of rotatable bonds is 6. The van der Waals surface area contributed by atoms with Crippen molar-refractivity contribution in [1.82, 2.24) is 5.32 Å². The molecule has 0 saturated carbocycles. The Labute approximate surface area is 140 Å². The summed E-state index contributed by atoms with van der Waals surface area (Å²) >= 11 is 6.43. The summed E-state index contributed by atoms with van der Waals surface area (Å²) in [7, 11) is -3.82. The van der Waals surface area contributed by atoms with Gasteiger partial charge in [0.25, 0.3) is 5.91 Å². The number of carbonyl (C=O) groups is 1. The highest BCUT2D eigenvalue weighted by Gasteiger charge is 2.20. The van der Waals surface area contributed by atoms with Gasteiger partial charge in [-0.2, -0.15) is 0 Å². The number of hydrogen-bond acceptors (Lipinski definition) is 4. The molecule has 6 nitrogen and oxygen atoms in total. The fraction of sp³-hybridized carbons (Fsp3) is 0.417. The summed E-state index contributed by atoms with van der Waals surface area (Å²) in [6, 6.07) is 2.65. The highest BCUT2D eigenvalue weighted by Crippen LogP contribution is 2.36. The van der Waals surface area contributed by atoms with Crippen LogP contribution in [-0.2, 0) is 14.8 Å². The number of primary sulfonamides is 1. The number of hydrogen-bond donors (Lipinski definition) is 2. The lowest BCUT2D eigenvalue weighted by Crippen LogP contribution is -2.36. The molecule has 0 aliphatic carbocycles. The molecule has 0 aromatic heterocycles. The predicted octanol–water partition coefficient (Wildman–Crippen LogP) is 2.15. The first kappa shape index (κ1) is 18.4. The van der Waals surface area contributed by atoms with Crippen LogP contribution in [0.5, 0.6) is 5.75 Å². The summed E-state index contributed by atoms with van der Waals surface area (Å²) in [4.78, 5) is 11.7. The van der Waals surface area contributed by atoms with E-state index in [9.17, 15) is 13.2 Å². The molecule has 9 heteroatoms. The van der Waals surface area contributed by atoms with Gasteiger partial charge in [0.2, 0.25) is 10.0 Å². The van der Waals surface area contributed by atoms with Gasteiger partial charge in [0.15, 0.2) is 6.10 Å². The molecular weight excluding hydrogens is 428 g/mol. The van der Waals surface area contributed by atoms with E-state index in [-0.39, 0.29) is 10.8 Å². The van der Waals surface area contributed by atoms with Gasteiger partial charge in [0.1, 0.15) is 5.75 Å². The average Bonchev–Trinajstić information content (AvgIpc) is 2.38. The monoisotopic (exact) mass is 442 g/mol. The minimum absolute atomic E-state index is 0.0586.